The van der Waals surface area contributed by atoms with Crippen LogP contribution in [0, 0.1) is 0 Å². The molecule has 0 saturated carbocycles. The van der Waals surface area contributed by atoms with Crippen LogP contribution >= 0.6 is 0 Å². The summed E-state index contributed by atoms with van der Waals surface area (Å²) in [7, 11) is 0. The minimum absolute atomic E-state index is 0.203. The first-order valence-electron chi connectivity index (χ1n) is 3.84. The minimum atomic E-state index is -0.203. The van der Waals surface area contributed by atoms with Gasteiger partial charge in [-0.25, -0.2) is 5.43 Å². The third kappa shape index (κ3) is 2.94. The summed E-state index contributed by atoms with van der Waals surface area (Å²) in [5.74, 6) is -0.203. The van der Waals surface area contributed by atoms with Gasteiger partial charge in [0.25, 0.3) is 0 Å². The number of benzene rings is 1. The number of hydrazone groups is 1. The average Bonchev–Trinajstić information content (AvgIpc) is 2.08. The van der Waals surface area contributed by atoms with Crippen LogP contribution in [0.15, 0.2) is 29.4 Å². The van der Waals surface area contributed by atoms with Crippen LogP contribution in [0.25, 0.3) is 0 Å². The molecule has 0 heterocycles. The molecule has 13 heavy (non-hydrogen) atoms. The van der Waals surface area contributed by atoms with Crippen molar-refractivity contribution in [1.29, 1.82) is 0 Å². The number of carbonyl (C=O) groups excluding carboxylic acids is 1. The molecule has 0 aliphatic heterocycles. The number of hydrogen-bond donors (Lipinski definition) is 2. The quantitative estimate of drug-likeness (QED) is 0.397. The lowest BCUT2D eigenvalue weighted by Gasteiger charge is -1.97. The fourth-order valence-electron chi connectivity index (χ4n) is 0.821. The molecule has 68 valence electrons. The second kappa shape index (κ2) is 4.25. The Hall–Kier alpha value is -1.84. The van der Waals surface area contributed by atoms with Gasteiger partial charge in [-0.1, -0.05) is 18.2 Å². The van der Waals surface area contributed by atoms with Crippen LogP contribution in [0.3, 0.4) is 0 Å². The maximum Gasteiger partial charge on any atom is 0.236 e. The Morgan fingerprint density at radius 2 is 2.23 bits per heavy atom. The molecule has 4 heteroatoms. The van der Waals surface area contributed by atoms with Crippen LogP contribution in [0.2, 0.25) is 0 Å². The molecule has 0 fully saturated rings. The van der Waals surface area contributed by atoms with Gasteiger partial charge in [-0.2, -0.15) is 5.10 Å². The second-order valence-electron chi connectivity index (χ2n) is 2.56. The number of hydrogen-bond acceptors (Lipinski definition) is 3. The van der Waals surface area contributed by atoms with E-state index in [9.17, 15) is 4.79 Å². The highest BCUT2D eigenvalue weighted by Gasteiger charge is 1.92. The van der Waals surface area contributed by atoms with Gasteiger partial charge in [-0.05, 0) is 6.07 Å². The fraction of sp³-hybridized carbons (Fsp3) is 0.111. The summed E-state index contributed by atoms with van der Waals surface area (Å²) in [6.07, 6.45) is 1.51. The molecule has 1 rings (SSSR count). The summed E-state index contributed by atoms with van der Waals surface area (Å²) in [4.78, 5) is 10.5. The first-order valence-corrected chi connectivity index (χ1v) is 3.84. The predicted molar refractivity (Wildman–Crippen MR) is 52.3 cm³/mol. The van der Waals surface area contributed by atoms with Crippen molar-refractivity contribution in [3.05, 3.63) is 29.8 Å². The van der Waals surface area contributed by atoms with Gasteiger partial charge < -0.3 is 5.73 Å². The van der Waals surface area contributed by atoms with Crippen molar-refractivity contribution in [3.8, 4) is 0 Å². The van der Waals surface area contributed by atoms with E-state index in [0.29, 0.717) is 5.69 Å². The van der Waals surface area contributed by atoms with Crippen molar-refractivity contribution in [2.75, 3.05) is 5.73 Å². The van der Waals surface area contributed by atoms with Gasteiger partial charge in [0.1, 0.15) is 0 Å². The minimum Gasteiger partial charge on any atom is -0.398 e. The first-order chi connectivity index (χ1) is 6.20. The summed E-state index contributed by atoms with van der Waals surface area (Å²) < 4.78 is 0. The Balaban J connectivity index is 2.68. The van der Waals surface area contributed by atoms with E-state index in [0.717, 1.165) is 5.56 Å². The molecule has 0 bridgehead atoms. The molecule has 0 spiro atoms. The summed E-state index contributed by atoms with van der Waals surface area (Å²) in [5.41, 5.74) is 9.35. The van der Waals surface area contributed by atoms with Gasteiger partial charge in [0.2, 0.25) is 5.91 Å². The van der Waals surface area contributed by atoms with Crippen molar-refractivity contribution in [1.82, 2.24) is 5.43 Å². The lowest BCUT2D eigenvalue weighted by Crippen LogP contribution is -2.12. The first kappa shape index (κ1) is 9.25. The van der Waals surface area contributed by atoms with Crippen LogP contribution in [-0.2, 0) is 4.79 Å². The summed E-state index contributed by atoms with van der Waals surface area (Å²) >= 11 is 0. The Kier molecular flexibility index (Phi) is 3.03. The fourth-order valence-corrected chi connectivity index (χ4v) is 0.821. The number of anilines is 1. The Bertz CT molecular complexity index is 333. The molecule has 0 atom stereocenters. The summed E-state index contributed by atoms with van der Waals surface area (Å²) in [6.45, 7) is 1.39. The van der Waals surface area contributed by atoms with Crippen molar-refractivity contribution in [3.63, 3.8) is 0 Å². The normalized spacial score (nSPS) is 10.2. The third-order valence-corrected chi connectivity index (χ3v) is 1.42. The van der Waals surface area contributed by atoms with Gasteiger partial charge >= 0.3 is 0 Å². The molecular formula is C9H11N3O. The molecule has 0 aliphatic carbocycles. The van der Waals surface area contributed by atoms with Crippen LogP contribution < -0.4 is 11.2 Å². The van der Waals surface area contributed by atoms with Crippen LogP contribution in [0.4, 0.5) is 5.69 Å². The van der Waals surface area contributed by atoms with Gasteiger partial charge in [0.15, 0.2) is 0 Å². The molecule has 0 radical (unpaired) electrons. The average molecular weight is 177 g/mol. The third-order valence-electron chi connectivity index (χ3n) is 1.42. The van der Waals surface area contributed by atoms with Crippen molar-refractivity contribution < 1.29 is 4.79 Å². The number of para-hydroxylation sites is 1. The molecule has 4 nitrogen and oxygen atoms in total. The van der Waals surface area contributed by atoms with Gasteiger partial charge in [-0.3, -0.25) is 4.79 Å². The van der Waals surface area contributed by atoms with E-state index in [-0.39, 0.29) is 5.91 Å². The predicted octanol–water partition coefficient (Wildman–Crippen LogP) is 0.739. The number of nitrogen functional groups attached to an aromatic ring is 1. The van der Waals surface area contributed by atoms with E-state index in [1.54, 1.807) is 6.07 Å². The molecule has 1 amide bonds. The molecule has 0 aliphatic rings. The Morgan fingerprint density at radius 1 is 1.54 bits per heavy atom. The molecule has 0 aromatic heterocycles. The molecule has 1 aromatic carbocycles. The maximum atomic E-state index is 10.5. The van der Waals surface area contributed by atoms with Crippen molar-refractivity contribution in [2.24, 2.45) is 5.10 Å². The van der Waals surface area contributed by atoms with Gasteiger partial charge in [0.05, 0.1) is 6.21 Å². The smallest absolute Gasteiger partial charge is 0.236 e. The zero-order valence-electron chi connectivity index (χ0n) is 7.32. The molecule has 0 saturated heterocycles. The van der Waals surface area contributed by atoms with E-state index in [1.165, 1.54) is 13.1 Å². The maximum absolute atomic E-state index is 10.5. The van der Waals surface area contributed by atoms with Crippen LogP contribution in [0.1, 0.15) is 12.5 Å². The highest BCUT2D eigenvalue weighted by Crippen LogP contribution is 2.06. The molecule has 1 aromatic rings. The lowest BCUT2D eigenvalue weighted by molar-refractivity contribution is -0.118. The van der Waals surface area contributed by atoms with Crippen molar-refractivity contribution in [2.45, 2.75) is 6.92 Å². The van der Waals surface area contributed by atoms with Crippen LogP contribution in [0.5, 0.6) is 0 Å². The van der Waals surface area contributed by atoms with Gasteiger partial charge in [-0.15, -0.1) is 0 Å². The number of nitrogens with zero attached hydrogens (tertiary/aromatic N) is 1. The number of nitrogens with one attached hydrogen (secondary N) is 1. The number of nitrogens with two attached hydrogens (primary N) is 1. The zero-order valence-corrected chi connectivity index (χ0v) is 7.32. The monoisotopic (exact) mass is 177 g/mol. The number of amides is 1. The standard InChI is InChI=1S/C9H11N3O/c1-7(13)12-11-6-8-4-2-3-5-9(8)10/h2-6H,10H2,1H3,(H,12,13)/b11-6+. The van der Waals surface area contributed by atoms with E-state index in [4.69, 9.17) is 5.73 Å². The van der Waals surface area contributed by atoms with Crippen LogP contribution in [-0.4, -0.2) is 12.1 Å². The highest BCUT2D eigenvalue weighted by molar-refractivity contribution is 5.87. The Labute approximate surface area is 76.4 Å². The lowest BCUT2D eigenvalue weighted by atomic mass is 10.2. The van der Waals surface area contributed by atoms with Crippen molar-refractivity contribution >= 4 is 17.8 Å². The Morgan fingerprint density at radius 3 is 2.85 bits per heavy atom. The van der Waals surface area contributed by atoms with Gasteiger partial charge in [0, 0.05) is 18.2 Å². The molecule has 0 unspecified atom stereocenters. The van der Waals surface area contributed by atoms with E-state index < -0.39 is 0 Å². The van der Waals surface area contributed by atoms with E-state index >= 15 is 0 Å². The SMILES string of the molecule is CC(=O)N/N=C/c1ccccc1N. The second-order valence-corrected chi connectivity index (χ2v) is 2.56. The zero-order chi connectivity index (χ0) is 9.68. The molecule has 3 N–H and O–H groups in total. The molecular weight excluding hydrogens is 166 g/mol. The highest BCUT2D eigenvalue weighted by atomic mass is 16.2. The largest absolute Gasteiger partial charge is 0.398 e. The summed E-state index contributed by atoms with van der Waals surface area (Å²) in [5, 5.41) is 3.70. The van der Waals surface area contributed by atoms with E-state index in [2.05, 4.69) is 10.5 Å². The topological polar surface area (TPSA) is 67.5 Å². The number of carbonyl (C=O) groups is 1. The van der Waals surface area contributed by atoms with E-state index in [1.807, 2.05) is 18.2 Å². The summed E-state index contributed by atoms with van der Waals surface area (Å²) in [6, 6.07) is 7.28. The number of rotatable bonds is 2.